The first-order chi connectivity index (χ1) is 32.4. The van der Waals surface area contributed by atoms with Crippen molar-refractivity contribution in [3.8, 4) is 0 Å². The van der Waals surface area contributed by atoms with Gasteiger partial charge in [-0.2, -0.15) is 0 Å². The van der Waals surface area contributed by atoms with Crippen LogP contribution in [0.2, 0.25) is 0 Å². The number of hydrogen-bond acceptors (Lipinski definition) is 10. The quantitative estimate of drug-likeness (QED) is 0.0213. The molecule has 400 valence electrons. The van der Waals surface area contributed by atoms with Gasteiger partial charge in [-0.05, 0) is 12.8 Å². The number of carbonyl (C=O) groups excluding carboxylic acids is 1. The first kappa shape index (κ1) is 64.4. The number of phosphoric ester groups is 1. The van der Waals surface area contributed by atoms with E-state index in [4.69, 9.17) is 9.05 Å². The van der Waals surface area contributed by atoms with Crippen molar-refractivity contribution in [2.45, 2.75) is 332 Å². The molecule has 0 aliphatic heterocycles. The molecule has 9 atom stereocenters. The molecule has 13 heteroatoms. The van der Waals surface area contributed by atoms with Crippen LogP contribution in [0.15, 0.2) is 0 Å². The maximum Gasteiger partial charge on any atom is 0.472 e. The van der Waals surface area contributed by atoms with Crippen molar-refractivity contribution in [3.05, 3.63) is 0 Å². The molecule has 1 amide bonds. The number of amides is 1. The molecule has 0 saturated heterocycles. The number of unbranched alkanes of at least 4 members (excludes halogenated alkanes) is 38. The van der Waals surface area contributed by atoms with Crippen LogP contribution in [0.5, 0.6) is 0 Å². The summed E-state index contributed by atoms with van der Waals surface area (Å²) in [6.45, 7) is 3.93. The first-order valence-corrected chi connectivity index (χ1v) is 30.0. The molecule has 1 rings (SSSR count). The largest absolute Gasteiger partial charge is 0.472 e. The topological polar surface area (TPSA) is 206 Å². The maximum atomic E-state index is 13.0. The van der Waals surface area contributed by atoms with Crippen LogP contribution in [-0.4, -0.2) is 96.8 Å². The predicted molar refractivity (Wildman–Crippen MR) is 274 cm³/mol. The molecule has 1 aliphatic rings. The number of hydrogen-bond donors (Lipinski definition) is 8. The highest BCUT2D eigenvalue weighted by Gasteiger charge is 2.51. The summed E-state index contributed by atoms with van der Waals surface area (Å²) in [4.78, 5) is 23.5. The molecule has 3 unspecified atom stereocenters. The Bertz CT molecular complexity index is 1140. The number of nitrogens with one attached hydrogen (secondary N) is 1. The van der Waals surface area contributed by atoms with Crippen LogP contribution in [0.1, 0.15) is 284 Å². The van der Waals surface area contributed by atoms with E-state index in [0.29, 0.717) is 19.3 Å². The fraction of sp³-hybridized carbons (Fsp3) is 0.981. The van der Waals surface area contributed by atoms with Gasteiger partial charge in [0.05, 0.1) is 18.8 Å². The first-order valence-electron chi connectivity index (χ1n) is 28.5. The normalized spacial score (nSPS) is 21.6. The van der Waals surface area contributed by atoms with Gasteiger partial charge in [0.25, 0.3) is 0 Å². The van der Waals surface area contributed by atoms with Gasteiger partial charge in [0.2, 0.25) is 5.91 Å². The second-order valence-electron chi connectivity index (χ2n) is 20.5. The van der Waals surface area contributed by atoms with E-state index in [1.807, 2.05) is 0 Å². The van der Waals surface area contributed by atoms with Crippen molar-refractivity contribution >= 4 is 13.7 Å². The van der Waals surface area contributed by atoms with E-state index in [2.05, 4.69) is 19.2 Å². The Kier molecular flexibility index (Phi) is 42.3. The van der Waals surface area contributed by atoms with Crippen molar-refractivity contribution in [3.63, 3.8) is 0 Å². The third-order valence-electron chi connectivity index (χ3n) is 14.2. The van der Waals surface area contributed by atoms with Gasteiger partial charge in [0.1, 0.15) is 36.6 Å². The number of aliphatic hydroxyl groups excluding tert-OH is 6. The molecule has 0 aromatic heterocycles. The summed E-state index contributed by atoms with van der Waals surface area (Å²) in [6.07, 6.45) is 38.7. The summed E-state index contributed by atoms with van der Waals surface area (Å²) in [7, 11) is -5.05. The molecule has 0 bridgehead atoms. The lowest BCUT2D eigenvalue weighted by Crippen LogP contribution is -2.64. The van der Waals surface area contributed by atoms with E-state index in [9.17, 15) is 44.9 Å². The third kappa shape index (κ3) is 35.2. The second-order valence-corrected chi connectivity index (χ2v) is 21.9. The minimum Gasteiger partial charge on any atom is -0.391 e. The van der Waals surface area contributed by atoms with Crippen molar-refractivity contribution < 1.29 is 53.9 Å². The van der Waals surface area contributed by atoms with Crippen molar-refractivity contribution in [1.29, 1.82) is 0 Å². The Balaban J connectivity index is 2.25. The van der Waals surface area contributed by atoms with E-state index in [1.165, 1.54) is 205 Å². The molecule has 0 spiro atoms. The summed E-state index contributed by atoms with van der Waals surface area (Å²) in [5.74, 6) is -0.301. The highest BCUT2D eigenvalue weighted by Crippen LogP contribution is 2.47. The molecular formula is C54H108NO11P. The lowest BCUT2D eigenvalue weighted by molar-refractivity contribution is -0.220. The molecule has 0 aromatic carbocycles. The third-order valence-corrected chi connectivity index (χ3v) is 15.2. The number of rotatable bonds is 49. The van der Waals surface area contributed by atoms with Crippen LogP contribution in [0.4, 0.5) is 0 Å². The van der Waals surface area contributed by atoms with Crippen LogP contribution in [0, 0.1) is 0 Å². The summed E-state index contributed by atoms with van der Waals surface area (Å²) in [5.41, 5.74) is 0. The second kappa shape index (κ2) is 44.1. The lowest BCUT2D eigenvalue weighted by atomic mass is 9.85. The van der Waals surface area contributed by atoms with Crippen LogP contribution in [-0.2, 0) is 18.4 Å². The van der Waals surface area contributed by atoms with Crippen LogP contribution >= 0.6 is 7.82 Å². The van der Waals surface area contributed by atoms with Gasteiger partial charge >= 0.3 is 7.82 Å². The van der Waals surface area contributed by atoms with Gasteiger partial charge < -0.3 is 40.8 Å². The molecule has 12 nitrogen and oxygen atoms in total. The average Bonchev–Trinajstić information content (AvgIpc) is 3.31. The minimum absolute atomic E-state index is 0.243. The standard InChI is InChI=1S/C54H108NO11P/c1-3-5-7-9-11-13-15-17-18-19-20-21-22-23-24-25-26-27-28-29-30-32-34-36-38-40-42-44-48(57)55-46(47(56)43-41-39-37-35-33-31-16-14-12-10-8-6-4-2)45-65-67(63,64)66-54-52(61)50(59)49(58)51(60)53(54)62/h46-47,49-54,56,58-62H,3-45H2,1-2H3,(H,55,57)(H,63,64)/t46-,47+,49?,50-,51+,52+,53+,54?/m0/s1. The van der Waals surface area contributed by atoms with Gasteiger partial charge in [-0.25, -0.2) is 4.57 Å². The fourth-order valence-electron chi connectivity index (χ4n) is 9.56. The Hall–Kier alpha value is -0.660. The van der Waals surface area contributed by atoms with Gasteiger partial charge in [-0.1, -0.05) is 264 Å². The molecule has 1 saturated carbocycles. The zero-order valence-corrected chi connectivity index (χ0v) is 44.1. The molecule has 0 heterocycles. The van der Waals surface area contributed by atoms with Gasteiger partial charge in [-0.15, -0.1) is 0 Å². The van der Waals surface area contributed by atoms with Crippen molar-refractivity contribution in [2.24, 2.45) is 0 Å². The van der Waals surface area contributed by atoms with E-state index in [1.54, 1.807) is 0 Å². The molecular weight excluding hydrogens is 870 g/mol. The Morgan fingerprint density at radius 2 is 0.716 bits per heavy atom. The lowest BCUT2D eigenvalue weighted by Gasteiger charge is -2.41. The number of aliphatic hydroxyl groups is 6. The summed E-state index contributed by atoms with van der Waals surface area (Å²) in [6, 6.07) is -1.03. The van der Waals surface area contributed by atoms with Gasteiger partial charge in [-0.3, -0.25) is 13.8 Å². The Morgan fingerprint density at radius 3 is 1.03 bits per heavy atom. The summed E-state index contributed by atoms with van der Waals surface area (Å²) < 4.78 is 23.1. The van der Waals surface area contributed by atoms with E-state index in [0.717, 1.165) is 38.5 Å². The molecule has 67 heavy (non-hydrogen) atoms. The molecule has 0 aromatic rings. The summed E-state index contributed by atoms with van der Waals surface area (Å²) >= 11 is 0. The zero-order chi connectivity index (χ0) is 49.2. The number of phosphoric acid groups is 1. The van der Waals surface area contributed by atoms with Crippen molar-refractivity contribution in [2.75, 3.05) is 6.61 Å². The highest BCUT2D eigenvalue weighted by atomic mass is 31.2. The highest BCUT2D eigenvalue weighted by molar-refractivity contribution is 7.47. The van der Waals surface area contributed by atoms with Gasteiger partial charge in [0, 0.05) is 6.42 Å². The fourth-order valence-corrected chi connectivity index (χ4v) is 10.5. The van der Waals surface area contributed by atoms with Crippen LogP contribution in [0.3, 0.4) is 0 Å². The Morgan fingerprint density at radius 1 is 0.448 bits per heavy atom. The molecule has 8 N–H and O–H groups in total. The molecule has 1 aliphatic carbocycles. The minimum atomic E-state index is -5.05. The van der Waals surface area contributed by atoms with E-state index >= 15 is 0 Å². The smallest absolute Gasteiger partial charge is 0.391 e. The monoisotopic (exact) mass is 978 g/mol. The number of carbonyl (C=O) groups is 1. The SMILES string of the molecule is CCCCCCCCCCCCCCCCCCCCCCCCCCCCCC(=O)N[C@@H](COP(=O)(O)OC1[C@H](O)[C@H](O)C(O)[C@H](O)[C@H]1O)[C@H](O)CCCCCCCCCCCCCCC. The molecule has 1 fully saturated rings. The van der Waals surface area contributed by atoms with Gasteiger partial charge in [0.15, 0.2) is 0 Å². The van der Waals surface area contributed by atoms with E-state index in [-0.39, 0.29) is 12.3 Å². The predicted octanol–water partition coefficient (Wildman–Crippen LogP) is 12.6. The summed E-state index contributed by atoms with van der Waals surface area (Å²) in [5, 5.41) is 64.4. The average molecular weight is 978 g/mol. The van der Waals surface area contributed by atoms with Crippen LogP contribution in [0.25, 0.3) is 0 Å². The molecule has 0 radical (unpaired) electrons. The van der Waals surface area contributed by atoms with Crippen LogP contribution < -0.4 is 5.32 Å². The Labute approximate surface area is 410 Å². The van der Waals surface area contributed by atoms with E-state index < -0.39 is 63.2 Å². The zero-order valence-electron chi connectivity index (χ0n) is 43.2. The van der Waals surface area contributed by atoms with Crippen molar-refractivity contribution in [1.82, 2.24) is 5.32 Å². The maximum absolute atomic E-state index is 13.0.